The second-order valence-electron chi connectivity index (χ2n) is 4.39. The van der Waals surface area contributed by atoms with Crippen molar-refractivity contribution in [2.24, 2.45) is 0 Å². The van der Waals surface area contributed by atoms with Crippen LogP contribution in [0.5, 0.6) is 0 Å². The summed E-state index contributed by atoms with van der Waals surface area (Å²) in [4.78, 5) is 15.6. The third kappa shape index (κ3) is 1.93. The number of ether oxygens (including phenoxy) is 1. The largest absolute Gasteiger partial charge is 0.468 e. The molecule has 16 heavy (non-hydrogen) atoms. The van der Waals surface area contributed by atoms with Gasteiger partial charge in [-0.2, -0.15) is 0 Å². The second kappa shape index (κ2) is 4.22. The lowest BCUT2D eigenvalue weighted by molar-refractivity contribution is -0.147. The summed E-state index contributed by atoms with van der Waals surface area (Å²) in [5.74, 6) is 0.163. The van der Waals surface area contributed by atoms with Gasteiger partial charge in [0.2, 0.25) is 0 Å². The summed E-state index contributed by atoms with van der Waals surface area (Å²) >= 11 is 0. The number of nitrogens with zero attached hydrogens (tertiary/aromatic N) is 1. The number of methoxy groups -OCH3 is 1. The van der Waals surface area contributed by atoms with Crippen LogP contribution < -0.4 is 5.32 Å². The highest BCUT2D eigenvalue weighted by atomic mass is 16.5. The maximum absolute atomic E-state index is 11.6. The SMILES string of the molecule is COC(=O)C1(C)CC(c2ccncc2)CN1. The number of nitrogens with one attached hydrogen (secondary N) is 1. The summed E-state index contributed by atoms with van der Waals surface area (Å²) in [6.45, 7) is 2.69. The molecule has 2 unspecified atom stereocenters. The summed E-state index contributed by atoms with van der Waals surface area (Å²) < 4.78 is 4.81. The van der Waals surface area contributed by atoms with Gasteiger partial charge in [-0.25, -0.2) is 0 Å². The Labute approximate surface area is 95.0 Å². The fourth-order valence-corrected chi connectivity index (χ4v) is 2.24. The van der Waals surface area contributed by atoms with Crippen LogP contribution in [0.3, 0.4) is 0 Å². The summed E-state index contributed by atoms with van der Waals surface area (Å²) in [5, 5.41) is 3.24. The smallest absolute Gasteiger partial charge is 0.325 e. The van der Waals surface area contributed by atoms with Crippen LogP contribution in [0.4, 0.5) is 0 Å². The van der Waals surface area contributed by atoms with Crippen molar-refractivity contribution in [1.29, 1.82) is 0 Å². The zero-order valence-corrected chi connectivity index (χ0v) is 9.56. The number of pyridine rings is 1. The van der Waals surface area contributed by atoms with E-state index in [-0.39, 0.29) is 5.97 Å². The first kappa shape index (κ1) is 11.1. The first-order valence-electron chi connectivity index (χ1n) is 5.39. The van der Waals surface area contributed by atoms with Crippen molar-refractivity contribution < 1.29 is 9.53 Å². The molecular weight excluding hydrogens is 204 g/mol. The molecule has 0 saturated carbocycles. The van der Waals surface area contributed by atoms with Crippen LogP contribution in [0.25, 0.3) is 0 Å². The van der Waals surface area contributed by atoms with Crippen molar-refractivity contribution in [3.63, 3.8) is 0 Å². The van der Waals surface area contributed by atoms with E-state index in [1.54, 1.807) is 12.4 Å². The maximum Gasteiger partial charge on any atom is 0.325 e. The maximum atomic E-state index is 11.6. The molecule has 4 heteroatoms. The Bertz CT molecular complexity index is 380. The van der Waals surface area contributed by atoms with E-state index in [1.807, 2.05) is 19.1 Å². The molecule has 4 nitrogen and oxygen atoms in total. The molecule has 1 aliphatic heterocycles. The molecule has 2 rings (SSSR count). The van der Waals surface area contributed by atoms with E-state index in [4.69, 9.17) is 4.74 Å². The summed E-state index contributed by atoms with van der Waals surface area (Å²) in [7, 11) is 1.43. The van der Waals surface area contributed by atoms with Gasteiger partial charge in [-0.05, 0) is 37.0 Å². The first-order valence-corrected chi connectivity index (χ1v) is 5.39. The van der Waals surface area contributed by atoms with Crippen molar-refractivity contribution >= 4 is 5.97 Å². The van der Waals surface area contributed by atoms with Gasteiger partial charge in [0, 0.05) is 18.9 Å². The average Bonchev–Trinajstić information content (AvgIpc) is 2.73. The lowest BCUT2D eigenvalue weighted by atomic mass is 9.91. The second-order valence-corrected chi connectivity index (χ2v) is 4.39. The molecule has 0 spiro atoms. The Morgan fingerprint density at radius 2 is 2.25 bits per heavy atom. The number of hydrogen-bond donors (Lipinski definition) is 1. The van der Waals surface area contributed by atoms with Crippen LogP contribution in [-0.4, -0.2) is 30.1 Å². The number of aromatic nitrogens is 1. The van der Waals surface area contributed by atoms with Crippen LogP contribution in [0.15, 0.2) is 24.5 Å². The monoisotopic (exact) mass is 220 g/mol. The van der Waals surface area contributed by atoms with E-state index in [2.05, 4.69) is 10.3 Å². The van der Waals surface area contributed by atoms with Gasteiger partial charge in [0.15, 0.2) is 0 Å². The predicted octanol–water partition coefficient (Wildman–Crippen LogP) is 1.09. The molecule has 86 valence electrons. The van der Waals surface area contributed by atoms with Crippen LogP contribution in [0.1, 0.15) is 24.8 Å². The van der Waals surface area contributed by atoms with Crippen molar-refractivity contribution in [2.75, 3.05) is 13.7 Å². The van der Waals surface area contributed by atoms with Crippen LogP contribution in [0.2, 0.25) is 0 Å². The molecule has 1 fully saturated rings. The fourth-order valence-electron chi connectivity index (χ4n) is 2.24. The van der Waals surface area contributed by atoms with Gasteiger partial charge in [0.05, 0.1) is 7.11 Å². The number of rotatable bonds is 2. The standard InChI is InChI=1S/C12H16N2O2/c1-12(11(15)16-2)7-10(8-14-12)9-3-5-13-6-4-9/h3-6,10,14H,7-8H2,1-2H3. The highest BCUT2D eigenvalue weighted by Gasteiger charge is 2.42. The Balaban J connectivity index is 2.12. The lowest BCUT2D eigenvalue weighted by Crippen LogP contribution is -2.45. The third-order valence-electron chi connectivity index (χ3n) is 3.21. The van der Waals surface area contributed by atoms with Crippen molar-refractivity contribution in [2.45, 2.75) is 24.8 Å². The van der Waals surface area contributed by atoms with Crippen molar-refractivity contribution in [1.82, 2.24) is 10.3 Å². The average molecular weight is 220 g/mol. The van der Waals surface area contributed by atoms with E-state index in [1.165, 1.54) is 12.7 Å². The normalized spacial score (nSPS) is 29.0. The van der Waals surface area contributed by atoms with Gasteiger partial charge in [0.25, 0.3) is 0 Å². The molecule has 1 aromatic heterocycles. The fraction of sp³-hybridized carbons (Fsp3) is 0.500. The molecular formula is C12H16N2O2. The van der Waals surface area contributed by atoms with Gasteiger partial charge < -0.3 is 10.1 Å². The Morgan fingerprint density at radius 3 is 2.88 bits per heavy atom. The number of esters is 1. The zero-order chi connectivity index (χ0) is 11.6. The minimum atomic E-state index is -0.553. The molecule has 1 N–H and O–H groups in total. The van der Waals surface area contributed by atoms with Gasteiger partial charge >= 0.3 is 5.97 Å². The van der Waals surface area contributed by atoms with Gasteiger partial charge in [-0.1, -0.05) is 0 Å². The topological polar surface area (TPSA) is 51.2 Å². The van der Waals surface area contributed by atoms with E-state index < -0.39 is 5.54 Å². The first-order chi connectivity index (χ1) is 7.65. The molecule has 0 bridgehead atoms. The summed E-state index contributed by atoms with van der Waals surface area (Å²) in [6.07, 6.45) is 4.33. The molecule has 1 saturated heterocycles. The van der Waals surface area contributed by atoms with E-state index in [0.717, 1.165) is 13.0 Å². The minimum absolute atomic E-state index is 0.191. The number of carbonyl (C=O) groups is 1. The molecule has 0 aromatic carbocycles. The Morgan fingerprint density at radius 1 is 1.56 bits per heavy atom. The molecule has 1 aromatic rings. The molecule has 0 aliphatic carbocycles. The van der Waals surface area contributed by atoms with Gasteiger partial charge in [0.1, 0.15) is 5.54 Å². The predicted molar refractivity (Wildman–Crippen MR) is 60.0 cm³/mol. The van der Waals surface area contributed by atoms with Crippen LogP contribution in [0, 0.1) is 0 Å². The Hall–Kier alpha value is -1.42. The summed E-state index contributed by atoms with van der Waals surface area (Å²) in [5.41, 5.74) is 0.665. The van der Waals surface area contributed by atoms with Gasteiger partial charge in [-0.3, -0.25) is 9.78 Å². The van der Waals surface area contributed by atoms with Crippen LogP contribution in [-0.2, 0) is 9.53 Å². The van der Waals surface area contributed by atoms with Crippen molar-refractivity contribution in [3.8, 4) is 0 Å². The van der Waals surface area contributed by atoms with E-state index >= 15 is 0 Å². The highest BCUT2D eigenvalue weighted by Crippen LogP contribution is 2.32. The van der Waals surface area contributed by atoms with Crippen molar-refractivity contribution in [3.05, 3.63) is 30.1 Å². The molecule has 0 radical (unpaired) electrons. The van der Waals surface area contributed by atoms with Crippen LogP contribution >= 0.6 is 0 Å². The summed E-state index contributed by atoms with van der Waals surface area (Å²) in [6, 6.07) is 3.99. The third-order valence-corrected chi connectivity index (χ3v) is 3.21. The minimum Gasteiger partial charge on any atom is -0.468 e. The molecule has 2 atom stereocenters. The van der Waals surface area contributed by atoms with Gasteiger partial charge in [-0.15, -0.1) is 0 Å². The Kier molecular flexibility index (Phi) is 2.92. The zero-order valence-electron chi connectivity index (χ0n) is 9.56. The lowest BCUT2D eigenvalue weighted by Gasteiger charge is -2.20. The number of hydrogen-bond acceptors (Lipinski definition) is 4. The number of carbonyl (C=O) groups excluding carboxylic acids is 1. The quantitative estimate of drug-likeness (QED) is 0.758. The molecule has 0 amide bonds. The highest BCUT2D eigenvalue weighted by molar-refractivity contribution is 5.80. The van der Waals surface area contributed by atoms with E-state index in [9.17, 15) is 4.79 Å². The molecule has 2 heterocycles. The molecule has 1 aliphatic rings. The van der Waals surface area contributed by atoms with E-state index in [0.29, 0.717) is 5.92 Å².